The molecule has 6 nitrogen and oxygen atoms in total. The van der Waals surface area contributed by atoms with Crippen LogP contribution < -0.4 is 5.32 Å². The molecule has 2 aliphatic rings. The summed E-state index contributed by atoms with van der Waals surface area (Å²) in [6.45, 7) is 7.64. The average Bonchev–Trinajstić information content (AvgIpc) is 3.12. The van der Waals surface area contributed by atoms with Crippen molar-refractivity contribution in [3.63, 3.8) is 0 Å². The number of amides is 2. The summed E-state index contributed by atoms with van der Waals surface area (Å²) in [6, 6.07) is 4.15. The van der Waals surface area contributed by atoms with Crippen LogP contribution in [0.25, 0.3) is 0 Å². The predicted octanol–water partition coefficient (Wildman–Crippen LogP) is 2.11. The third-order valence-corrected chi connectivity index (χ3v) is 5.55. The van der Waals surface area contributed by atoms with Gasteiger partial charge in [-0.15, -0.1) is 0 Å². The van der Waals surface area contributed by atoms with Crippen molar-refractivity contribution < 1.29 is 9.59 Å². The fraction of sp³-hybridized carbons (Fsp3) is 0.650. The predicted molar refractivity (Wildman–Crippen MR) is 100 cm³/mol. The second kappa shape index (κ2) is 8.62. The van der Waals surface area contributed by atoms with Gasteiger partial charge >= 0.3 is 0 Å². The zero-order valence-electron chi connectivity index (χ0n) is 15.9. The first kappa shape index (κ1) is 18.8. The zero-order chi connectivity index (χ0) is 18.5. The Morgan fingerprint density at radius 1 is 1.23 bits per heavy atom. The molecule has 6 heteroatoms. The summed E-state index contributed by atoms with van der Waals surface area (Å²) in [5.41, 5.74) is 1.96. The zero-order valence-corrected chi connectivity index (χ0v) is 15.9. The molecule has 0 bridgehead atoms. The lowest BCUT2D eigenvalue weighted by Gasteiger charge is -2.32. The summed E-state index contributed by atoms with van der Waals surface area (Å²) >= 11 is 0. The summed E-state index contributed by atoms with van der Waals surface area (Å²) in [7, 11) is 0. The minimum Gasteiger partial charge on any atom is -0.351 e. The molecule has 0 radical (unpaired) electrons. The first-order valence-electron chi connectivity index (χ1n) is 9.74. The van der Waals surface area contributed by atoms with Crippen molar-refractivity contribution in [2.75, 3.05) is 26.2 Å². The fourth-order valence-electron chi connectivity index (χ4n) is 3.93. The summed E-state index contributed by atoms with van der Waals surface area (Å²) < 4.78 is 0. The van der Waals surface area contributed by atoms with Gasteiger partial charge in [-0.05, 0) is 62.4 Å². The van der Waals surface area contributed by atoms with Gasteiger partial charge in [-0.2, -0.15) is 0 Å². The van der Waals surface area contributed by atoms with E-state index in [2.05, 4.69) is 22.1 Å². The topological polar surface area (TPSA) is 65.5 Å². The molecule has 2 amide bonds. The molecule has 1 aromatic rings. The molecule has 1 atom stereocenters. The van der Waals surface area contributed by atoms with E-state index in [0.29, 0.717) is 13.1 Å². The van der Waals surface area contributed by atoms with Crippen LogP contribution in [0.5, 0.6) is 0 Å². The second-order valence-electron chi connectivity index (χ2n) is 7.69. The molecule has 3 heterocycles. The Kier molecular flexibility index (Phi) is 6.25. The summed E-state index contributed by atoms with van der Waals surface area (Å²) in [6.07, 6.45) is 6.18. The number of piperidine rings is 1. The molecular weight excluding hydrogens is 328 g/mol. The third-order valence-electron chi connectivity index (χ3n) is 5.55. The molecule has 26 heavy (non-hydrogen) atoms. The highest BCUT2D eigenvalue weighted by molar-refractivity contribution is 5.79. The number of carbonyl (C=O) groups excluding carboxylic acids is 2. The number of hydrogen-bond donors (Lipinski definition) is 1. The molecule has 142 valence electrons. The van der Waals surface area contributed by atoms with E-state index < -0.39 is 0 Å². The summed E-state index contributed by atoms with van der Waals surface area (Å²) in [5.74, 6) is 0.952. The summed E-state index contributed by atoms with van der Waals surface area (Å²) in [5, 5.41) is 2.78. The lowest BCUT2D eigenvalue weighted by molar-refractivity contribution is -0.133. The lowest BCUT2D eigenvalue weighted by Crippen LogP contribution is -2.43. The standard InChI is InChI=1S/C20H30N4O2/c1-15-6-10-23(11-7-15)14-20(26)24-9-3-4-19(24)17-5-8-21-18(12-17)13-22-16(2)25/h5,8,12,15,19H,3-4,6-7,9-11,13-14H2,1-2H3,(H,22,25). The number of carbonyl (C=O) groups is 2. The monoisotopic (exact) mass is 358 g/mol. The van der Waals surface area contributed by atoms with Crippen molar-refractivity contribution in [1.82, 2.24) is 20.1 Å². The Morgan fingerprint density at radius 3 is 2.73 bits per heavy atom. The molecular formula is C20H30N4O2. The summed E-state index contributed by atoms with van der Waals surface area (Å²) in [4.78, 5) is 32.7. The first-order chi connectivity index (χ1) is 12.5. The maximum atomic E-state index is 12.9. The van der Waals surface area contributed by atoms with E-state index in [9.17, 15) is 9.59 Å². The Balaban J connectivity index is 1.63. The van der Waals surface area contributed by atoms with E-state index in [4.69, 9.17) is 0 Å². The number of nitrogens with one attached hydrogen (secondary N) is 1. The van der Waals surface area contributed by atoms with Crippen molar-refractivity contribution in [1.29, 1.82) is 0 Å². The fourth-order valence-corrected chi connectivity index (χ4v) is 3.93. The minimum atomic E-state index is -0.0641. The van der Waals surface area contributed by atoms with Gasteiger partial charge in [0.05, 0.1) is 24.8 Å². The van der Waals surface area contributed by atoms with Crippen LogP contribution in [0.2, 0.25) is 0 Å². The van der Waals surface area contributed by atoms with Gasteiger partial charge in [0.15, 0.2) is 0 Å². The highest BCUT2D eigenvalue weighted by Crippen LogP contribution is 2.32. The van der Waals surface area contributed by atoms with Crippen molar-refractivity contribution >= 4 is 11.8 Å². The number of rotatable bonds is 5. The van der Waals surface area contributed by atoms with E-state index in [1.54, 1.807) is 6.20 Å². The molecule has 3 rings (SSSR count). The van der Waals surface area contributed by atoms with E-state index in [0.717, 1.165) is 49.7 Å². The van der Waals surface area contributed by atoms with Gasteiger partial charge in [0.1, 0.15) is 0 Å². The van der Waals surface area contributed by atoms with Crippen LogP contribution in [0.1, 0.15) is 56.8 Å². The van der Waals surface area contributed by atoms with Crippen molar-refractivity contribution in [3.05, 3.63) is 29.6 Å². The number of nitrogens with zero attached hydrogens (tertiary/aromatic N) is 3. The quantitative estimate of drug-likeness (QED) is 0.876. The van der Waals surface area contributed by atoms with Gasteiger partial charge in [0.25, 0.3) is 0 Å². The number of hydrogen-bond acceptors (Lipinski definition) is 4. The molecule has 2 saturated heterocycles. The van der Waals surface area contributed by atoms with Gasteiger partial charge in [0.2, 0.25) is 11.8 Å². The molecule has 1 N–H and O–H groups in total. The highest BCUT2D eigenvalue weighted by atomic mass is 16.2. The van der Waals surface area contributed by atoms with Gasteiger partial charge in [0, 0.05) is 19.7 Å². The molecule has 1 unspecified atom stereocenters. The van der Waals surface area contributed by atoms with E-state index in [1.807, 2.05) is 17.0 Å². The maximum Gasteiger partial charge on any atom is 0.237 e. The van der Waals surface area contributed by atoms with Crippen molar-refractivity contribution in [2.24, 2.45) is 5.92 Å². The van der Waals surface area contributed by atoms with Crippen LogP contribution in [0.3, 0.4) is 0 Å². The molecule has 2 fully saturated rings. The van der Waals surface area contributed by atoms with Gasteiger partial charge in [-0.3, -0.25) is 19.5 Å². The maximum absolute atomic E-state index is 12.9. The molecule has 0 aliphatic carbocycles. The van der Waals surface area contributed by atoms with Crippen molar-refractivity contribution in [3.8, 4) is 0 Å². The lowest BCUT2D eigenvalue weighted by atomic mass is 9.99. The smallest absolute Gasteiger partial charge is 0.237 e. The largest absolute Gasteiger partial charge is 0.351 e. The van der Waals surface area contributed by atoms with Crippen LogP contribution in [-0.2, 0) is 16.1 Å². The van der Waals surface area contributed by atoms with Crippen LogP contribution in [-0.4, -0.2) is 52.8 Å². The SMILES string of the molecule is CC(=O)NCc1cc(C2CCCN2C(=O)CN2CCC(C)CC2)ccn1. The van der Waals surface area contributed by atoms with Crippen molar-refractivity contribution in [2.45, 2.75) is 52.1 Å². The van der Waals surface area contributed by atoms with E-state index in [1.165, 1.54) is 19.8 Å². The van der Waals surface area contributed by atoms with Crippen LogP contribution >= 0.6 is 0 Å². The van der Waals surface area contributed by atoms with Crippen LogP contribution in [0, 0.1) is 5.92 Å². The Hall–Kier alpha value is -1.95. The highest BCUT2D eigenvalue weighted by Gasteiger charge is 2.31. The minimum absolute atomic E-state index is 0.0641. The molecule has 2 aliphatic heterocycles. The normalized spacial score (nSPS) is 21.8. The number of likely N-dealkylation sites (tertiary alicyclic amines) is 2. The van der Waals surface area contributed by atoms with E-state index >= 15 is 0 Å². The van der Waals surface area contributed by atoms with Crippen LogP contribution in [0.4, 0.5) is 0 Å². The van der Waals surface area contributed by atoms with E-state index in [-0.39, 0.29) is 17.9 Å². The van der Waals surface area contributed by atoms with Crippen LogP contribution in [0.15, 0.2) is 18.3 Å². The Labute approximate surface area is 156 Å². The molecule has 1 aromatic heterocycles. The molecule has 0 spiro atoms. The number of pyridine rings is 1. The average molecular weight is 358 g/mol. The van der Waals surface area contributed by atoms with Gasteiger partial charge < -0.3 is 10.2 Å². The third kappa shape index (κ3) is 4.81. The first-order valence-corrected chi connectivity index (χ1v) is 9.74. The Bertz CT molecular complexity index is 640. The second-order valence-corrected chi connectivity index (χ2v) is 7.69. The Morgan fingerprint density at radius 2 is 2.00 bits per heavy atom. The molecule has 0 aromatic carbocycles. The molecule has 0 saturated carbocycles. The number of aromatic nitrogens is 1. The van der Waals surface area contributed by atoms with Gasteiger partial charge in [-0.1, -0.05) is 6.92 Å². The van der Waals surface area contributed by atoms with Gasteiger partial charge in [-0.25, -0.2) is 0 Å².